The summed E-state index contributed by atoms with van der Waals surface area (Å²) in [4.78, 5) is 16.4. The number of rotatable bonds is 7. The van der Waals surface area contributed by atoms with Gasteiger partial charge in [0.15, 0.2) is 17.3 Å². The van der Waals surface area contributed by atoms with Gasteiger partial charge in [-0.05, 0) is 30.7 Å². The Hall–Kier alpha value is -3.29. The maximum absolute atomic E-state index is 12.2. The number of amides is 1. The molecule has 0 aliphatic carbocycles. The van der Waals surface area contributed by atoms with Crippen LogP contribution in [0.5, 0.6) is 11.5 Å². The summed E-state index contributed by atoms with van der Waals surface area (Å²) >= 11 is 0. The summed E-state index contributed by atoms with van der Waals surface area (Å²) in [6.07, 6.45) is 2.06. The number of nitrogens with zero attached hydrogens (tertiary/aromatic N) is 2. The lowest BCUT2D eigenvalue weighted by atomic mass is 10.1. The molecule has 136 valence electrons. The van der Waals surface area contributed by atoms with Crippen LogP contribution in [0.2, 0.25) is 0 Å². The van der Waals surface area contributed by atoms with E-state index in [-0.39, 0.29) is 12.3 Å². The van der Waals surface area contributed by atoms with Crippen LogP contribution in [0.4, 0.5) is 5.69 Å². The molecule has 1 aromatic carbocycles. The lowest BCUT2D eigenvalue weighted by molar-refractivity contribution is -0.116. The summed E-state index contributed by atoms with van der Waals surface area (Å²) in [5.41, 5.74) is 1.53. The summed E-state index contributed by atoms with van der Waals surface area (Å²) in [5, 5.41) is 6.69. The summed E-state index contributed by atoms with van der Waals surface area (Å²) in [5.74, 6) is 2.24. The maximum Gasteiger partial charge on any atom is 0.238 e. The van der Waals surface area contributed by atoms with Crippen LogP contribution in [0.15, 0.2) is 39.5 Å². The van der Waals surface area contributed by atoms with Gasteiger partial charge in [0, 0.05) is 24.6 Å². The molecule has 0 aliphatic heterocycles. The van der Waals surface area contributed by atoms with E-state index in [1.807, 2.05) is 13.0 Å². The number of benzene rings is 1. The molecule has 0 saturated heterocycles. The van der Waals surface area contributed by atoms with E-state index in [4.69, 9.17) is 18.4 Å². The number of aromatic nitrogens is 2. The normalized spacial score (nSPS) is 10.6. The van der Waals surface area contributed by atoms with Crippen molar-refractivity contribution in [3.8, 4) is 23.1 Å². The van der Waals surface area contributed by atoms with E-state index in [9.17, 15) is 4.79 Å². The molecule has 8 nitrogen and oxygen atoms in total. The third kappa shape index (κ3) is 3.85. The van der Waals surface area contributed by atoms with Gasteiger partial charge in [0.1, 0.15) is 0 Å². The number of methoxy groups -OCH3 is 2. The second kappa shape index (κ2) is 7.73. The minimum absolute atomic E-state index is 0.168. The largest absolute Gasteiger partial charge is 0.493 e. The van der Waals surface area contributed by atoms with Crippen LogP contribution in [0.1, 0.15) is 17.9 Å². The Morgan fingerprint density at radius 3 is 2.69 bits per heavy atom. The van der Waals surface area contributed by atoms with Crippen molar-refractivity contribution in [3.63, 3.8) is 0 Å². The first-order valence-corrected chi connectivity index (χ1v) is 7.99. The summed E-state index contributed by atoms with van der Waals surface area (Å²) in [7, 11) is 3.11. The number of carbonyl (C=O) groups excluding carboxylic acids is 1. The van der Waals surface area contributed by atoms with E-state index in [1.165, 1.54) is 6.26 Å². The van der Waals surface area contributed by atoms with Crippen LogP contribution in [-0.4, -0.2) is 30.3 Å². The van der Waals surface area contributed by atoms with Crippen molar-refractivity contribution >= 4 is 11.6 Å². The van der Waals surface area contributed by atoms with Crippen molar-refractivity contribution in [2.75, 3.05) is 19.5 Å². The van der Waals surface area contributed by atoms with Crippen molar-refractivity contribution in [3.05, 3.63) is 42.0 Å². The van der Waals surface area contributed by atoms with Gasteiger partial charge in [-0.3, -0.25) is 4.79 Å². The lowest BCUT2D eigenvalue weighted by Crippen LogP contribution is -2.13. The highest BCUT2D eigenvalue weighted by Crippen LogP contribution is 2.33. The fourth-order valence-corrected chi connectivity index (χ4v) is 2.41. The minimum atomic E-state index is -0.168. The maximum atomic E-state index is 12.2. The Morgan fingerprint density at radius 2 is 2.00 bits per heavy atom. The topological polar surface area (TPSA) is 99.6 Å². The molecule has 1 N–H and O–H groups in total. The fraction of sp³-hybridized carbons (Fsp3) is 0.278. The standard InChI is InChI=1S/C18H19N3O5/c1-11-9-14(23-2)15(24-3)10-12(11)19-16(22)6-7-17-20-18(21-26-17)13-5-4-8-25-13/h4-5,8-10H,6-7H2,1-3H3,(H,19,22). The average molecular weight is 357 g/mol. The van der Waals surface area contributed by atoms with Gasteiger partial charge in [-0.15, -0.1) is 0 Å². The van der Waals surface area contributed by atoms with Crippen molar-refractivity contribution in [1.82, 2.24) is 10.1 Å². The molecule has 0 spiro atoms. The monoisotopic (exact) mass is 357 g/mol. The molecule has 1 amide bonds. The molecule has 0 atom stereocenters. The summed E-state index contributed by atoms with van der Waals surface area (Å²) in [6.45, 7) is 1.88. The van der Waals surface area contributed by atoms with E-state index in [1.54, 1.807) is 32.4 Å². The Morgan fingerprint density at radius 1 is 1.23 bits per heavy atom. The Balaban J connectivity index is 1.61. The van der Waals surface area contributed by atoms with Gasteiger partial charge in [0.25, 0.3) is 0 Å². The third-order valence-corrected chi connectivity index (χ3v) is 3.78. The van der Waals surface area contributed by atoms with E-state index in [0.29, 0.717) is 41.1 Å². The molecule has 0 fully saturated rings. The summed E-state index contributed by atoms with van der Waals surface area (Å²) in [6, 6.07) is 7.02. The first-order valence-electron chi connectivity index (χ1n) is 7.99. The number of nitrogens with one attached hydrogen (secondary N) is 1. The van der Waals surface area contributed by atoms with Crippen LogP contribution in [0, 0.1) is 6.92 Å². The molecule has 0 unspecified atom stereocenters. The number of hydrogen-bond donors (Lipinski definition) is 1. The van der Waals surface area contributed by atoms with Gasteiger partial charge in [0.05, 0.1) is 20.5 Å². The van der Waals surface area contributed by atoms with E-state index in [2.05, 4.69) is 15.5 Å². The molecular formula is C18H19N3O5. The first-order chi connectivity index (χ1) is 12.6. The average Bonchev–Trinajstić information content (AvgIpc) is 3.32. The molecule has 3 rings (SSSR count). The lowest BCUT2D eigenvalue weighted by Gasteiger charge is -2.13. The molecule has 2 heterocycles. The number of ether oxygens (including phenoxy) is 2. The predicted octanol–water partition coefficient (Wildman–Crippen LogP) is 3.23. The van der Waals surface area contributed by atoms with Crippen LogP contribution in [0.25, 0.3) is 11.6 Å². The quantitative estimate of drug-likeness (QED) is 0.693. The van der Waals surface area contributed by atoms with Gasteiger partial charge in [-0.2, -0.15) is 4.98 Å². The van der Waals surface area contributed by atoms with Crippen molar-refractivity contribution in [2.24, 2.45) is 0 Å². The molecule has 0 aliphatic rings. The molecular weight excluding hydrogens is 338 g/mol. The molecule has 8 heteroatoms. The zero-order valence-electron chi connectivity index (χ0n) is 14.7. The second-order valence-electron chi connectivity index (χ2n) is 5.56. The van der Waals surface area contributed by atoms with Crippen molar-refractivity contribution < 1.29 is 23.2 Å². The molecule has 26 heavy (non-hydrogen) atoms. The Kier molecular flexibility index (Phi) is 5.21. The minimum Gasteiger partial charge on any atom is -0.493 e. The van der Waals surface area contributed by atoms with E-state index < -0.39 is 0 Å². The molecule has 2 aromatic heterocycles. The zero-order valence-corrected chi connectivity index (χ0v) is 14.7. The number of carbonyl (C=O) groups is 1. The molecule has 3 aromatic rings. The molecule has 0 radical (unpaired) electrons. The number of anilines is 1. The second-order valence-corrected chi connectivity index (χ2v) is 5.56. The van der Waals surface area contributed by atoms with Crippen LogP contribution < -0.4 is 14.8 Å². The Labute approximate surface area is 150 Å². The van der Waals surface area contributed by atoms with E-state index >= 15 is 0 Å². The highest BCUT2D eigenvalue weighted by molar-refractivity contribution is 5.92. The zero-order chi connectivity index (χ0) is 18.5. The van der Waals surface area contributed by atoms with Crippen LogP contribution in [0.3, 0.4) is 0 Å². The molecule has 0 bridgehead atoms. The smallest absolute Gasteiger partial charge is 0.238 e. The number of aryl methyl sites for hydroxylation is 2. The van der Waals surface area contributed by atoms with Crippen LogP contribution >= 0.6 is 0 Å². The fourth-order valence-electron chi connectivity index (χ4n) is 2.41. The first kappa shape index (κ1) is 17.5. The van der Waals surface area contributed by atoms with E-state index in [0.717, 1.165) is 5.56 Å². The third-order valence-electron chi connectivity index (χ3n) is 3.78. The highest BCUT2D eigenvalue weighted by atomic mass is 16.5. The predicted molar refractivity (Wildman–Crippen MR) is 93.2 cm³/mol. The van der Waals surface area contributed by atoms with Crippen LogP contribution in [-0.2, 0) is 11.2 Å². The molecule has 0 saturated carbocycles. The van der Waals surface area contributed by atoms with Crippen molar-refractivity contribution in [1.29, 1.82) is 0 Å². The van der Waals surface area contributed by atoms with Gasteiger partial charge in [-0.1, -0.05) is 5.16 Å². The number of hydrogen-bond acceptors (Lipinski definition) is 7. The van der Waals surface area contributed by atoms with Crippen molar-refractivity contribution in [2.45, 2.75) is 19.8 Å². The highest BCUT2D eigenvalue weighted by Gasteiger charge is 2.14. The number of furan rings is 1. The van der Waals surface area contributed by atoms with Gasteiger partial charge < -0.3 is 23.7 Å². The van der Waals surface area contributed by atoms with Gasteiger partial charge in [-0.25, -0.2) is 0 Å². The SMILES string of the molecule is COc1cc(C)c(NC(=O)CCc2nc(-c3ccco3)no2)cc1OC. The van der Waals surface area contributed by atoms with Gasteiger partial charge >= 0.3 is 0 Å². The van der Waals surface area contributed by atoms with Gasteiger partial charge in [0.2, 0.25) is 17.6 Å². The summed E-state index contributed by atoms with van der Waals surface area (Å²) < 4.78 is 20.9. The Bertz CT molecular complexity index is 886.